The summed E-state index contributed by atoms with van der Waals surface area (Å²) in [6.07, 6.45) is 0. The van der Waals surface area contributed by atoms with Gasteiger partial charge in [-0.15, -0.1) is 0 Å². The van der Waals surface area contributed by atoms with Crippen LogP contribution in [0.2, 0.25) is 0 Å². The van der Waals surface area contributed by atoms with E-state index in [2.05, 4.69) is 26.8 Å². The van der Waals surface area contributed by atoms with Gasteiger partial charge in [-0.3, -0.25) is 20.4 Å². The van der Waals surface area contributed by atoms with Crippen molar-refractivity contribution in [1.29, 1.82) is 0 Å². The molecule has 1 aliphatic rings. The number of carbonyl (C=O) groups excluding carboxylic acids is 2. The van der Waals surface area contributed by atoms with E-state index in [1.54, 1.807) is 6.07 Å². The van der Waals surface area contributed by atoms with Crippen molar-refractivity contribution in [3.63, 3.8) is 0 Å². The molecule has 0 saturated carbocycles. The maximum atomic E-state index is 13.2. The van der Waals surface area contributed by atoms with Gasteiger partial charge in [-0.25, -0.2) is 4.39 Å². The van der Waals surface area contributed by atoms with E-state index in [4.69, 9.17) is 9.47 Å². The van der Waals surface area contributed by atoms with Crippen LogP contribution in [0.25, 0.3) is 0 Å². The quantitative estimate of drug-likeness (QED) is 0.784. The number of hydrazine groups is 1. The van der Waals surface area contributed by atoms with E-state index in [9.17, 15) is 14.0 Å². The molecule has 0 radical (unpaired) electrons. The predicted molar refractivity (Wildman–Crippen MR) is 81.6 cm³/mol. The van der Waals surface area contributed by atoms with E-state index < -0.39 is 17.6 Å². The van der Waals surface area contributed by atoms with Crippen molar-refractivity contribution in [3.8, 4) is 11.5 Å². The van der Waals surface area contributed by atoms with Crippen LogP contribution >= 0.6 is 15.9 Å². The molecule has 3 rings (SSSR count). The number of fused-ring (bicyclic) bond motifs is 1. The molecule has 0 spiro atoms. The van der Waals surface area contributed by atoms with Crippen LogP contribution in [0.4, 0.5) is 4.39 Å². The molecule has 2 N–H and O–H groups in total. The Hall–Kier alpha value is -2.61. The highest BCUT2D eigenvalue weighted by molar-refractivity contribution is 9.10. The zero-order valence-corrected chi connectivity index (χ0v) is 13.1. The number of nitrogens with one attached hydrogen (secondary N) is 2. The van der Waals surface area contributed by atoms with Gasteiger partial charge in [0, 0.05) is 10.0 Å². The van der Waals surface area contributed by atoms with E-state index in [0.717, 1.165) is 6.07 Å². The molecule has 0 unspecified atom stereocenters. The van der Waals surface area contributed by atoms with Gasteiger partial charge in [-0.05, 0) is 52.3 Å². The molecule has 0 bridgehead atoms. The van der Waals surface area contributed by atoms with Gasteiger partial charge in [0.05, 0.1) is 5.56 Å². The molecule has 118 valence electrons. The highest BCUT2D eigenvalue weighted by Gasteiger charge is 2.17. The minimum absolute atomic E-state index is 0.0657. The number of hydrogen-bond donors (Lipinski definition) is 2. The normalized spacial score (nSPS) is 11.9. The Morgan fingerprint density at radius 2 is 1.74 bits per heavy atom. The Balaban J connectivity index is 1.67. The summed E-state index contributed by atoms with van der Waals surface area (Å²) >= 11 is 3.15. The summed E-state index contributed by atoms with van der Waals surface area (Å²) in [5.74, 6) is -0.735. The van der Waals surface area contributed by atoms with E-state index in [1.807, 2.05) is 0 Å². The number of halogens is 2. The first-order chi connectivity index (χ1) is 11.0. The van der Waals surface area contributed by atoms with Gasteiger partial charge >= 0.3 is 0 Å². The zero-order chi connectivity index (χ0) is 16.4. The van der Waals surface area contributed by atoms with Crippen molar-refractivity contribution in [2.75, 3.05) is 6.79 Å². The van der Waals surface area contributed by atoms with E-state index in [-0.39, 0.29) is 17.9 Å². The highest BCUT2D eigenvalue weighted by atomic mass is 79.9. The van der Waals surface area contributed by atoms with Gasteiger partial charge in [-0.2, -0.15) is 0 Å². The van der Waals surface area contributed by atoms with Crippen LogP contribution < -0.4 is 20.3 Å². The van der Waals surface area contributed by atoms with Crippen molar-refractivity contribution in [1.82, 2.24) is 10.9 Å². The number of carbonyl (C=O) groups is 2. The topological polar surface area (TPSA) is 76.7 Å². The van der Waals surface area contributed by atoms with Crippen LogP contribution in [-0.2, 0) is 0 Å². The van der Waals surface area contributed by atoms with Gasteiger partial charge in [0.2, 0.25) is 6.79 Å². The summed E-state index contributed by atoms with van der Waals surface area (Å²) in [5.41, 5.74) is 4.83. The van der Waals surface area contributed by atoms with Crippen LogP contribution in [0.1, 0.15) is 20.7 Å². The lowest BCUT2D eigenvalue weighted by molar-refractivity contribution is 0.0846. The van der Waals surface area contributed by atoms with Gasteiger partial charge in [0.1, 0.15) is 5.82 Å². The molecule has 2 aromatic carbocycles. The fourth-order valence-corrected chi connectivity index (χ4v) is 2.39. The maximum Gasteiger partial charge on any atom is 0.270 e. The SMILES string of the molecule is O=C(NNC(=O)c1cc(F)ccc1Br)c1ccc2c(c1)OCO2. The maximum absolute atomic E-state index is 13.2. The number of ether oxygens (including phenoxy) is 2. The first-order valence-electron chi connectivity index (χ1n) is 6.50. The summed E-state index contributed by atoms with van der Waals surface area (Å²) in [4.78, 5) is 24.0. The summed E-state index contributed by atoms with van der Waals surface area (Å²) in [7, 11) is 0. The van der Waals surface area contributed by atoms with Crippen molar-refractivity contribution in [2.24, 2.45) is 0 Å². The second kappa shape index (κ2) is 6.25. The molecule has 0 fully saturated rings. The molecule has 0 atom stereocenters. The molecule has 0 aromatic heterocycles. The second-order valence-electron chi connectivity index (χ2n) is 4.60. The lowest BCUT2D eigenvalue weighted by Crippen LogP contribution is -2.41. The molecule has 2 aromatic rings. The Labute approximate surface area is 138 Å². The minimum Gasteiger partial charge on any atom is -0.454 e. The van der Waals surface area contributed by atoms with Crippen LogP contribution in [0.5, 0.6) is 11.5 Å². The number of amides is 2. The van der Waals surface area contributed by atoms with Crippen LogP contribution in [-0.4, -0.2) is 18.6 Å². The molecule has 23 heavy (non-hydrogen) atoms. The Bertz CT molecular complexity index is 797. The van der Waals surface area contributed by atoms with E-state index >= 15 is 0 Å². The fourth-order valence-electron chi connectivity index (χ4n) is 1.96. The summed E-state index contributed by atoms with van der Waals surface area (Å²) < 4.78 is 23.9. The second-order valence-corrected chi connectivity index (χ2v) is 5.45. The standard InChI is InChI=1S/C15H10BrFN2O4/c16-11-3-2-9(17)6-10(11)15(21)19-18-14(20)8-1-4-12-13(5-8)23-7-22-12/h1-6H,7H2,(H,18,20)(H,19,21). The minimum atomic E-state index is -0.648. The molecule has 8 heteroatoms. The fraction of sp³-hybridized carbons (Fsp3) is 0.0667. The van der Waals surface area contributed by atoms with Crippen LogP contribution in [0.15, 0.2) is 40.9 Å². The Kier molecular flexibility index (Phi) is 4.16. The number of benzene rings is 2. The molecule has 0 aliphatic carbocycles. The largest absolute Gasteiger partial charge is 0.454 e. The molecular formula is C15H10BrFN2O4. The van der Waals surface area contributed by atoms with E-state index in [0.29, 0.717) is 16.0 Å². The van der Waals surface area contributed by atoms with Crippen LogP contribution in [0, 0.1) is 5.82 Å². The average Bonchev–Trinajstić information content (AvgIpc) is 3.02. The summed E-state index contributed by atoms with van der Waals surface area (Å²) in [5, 5.41) is 0. The monoisotopic (exact) mass is 380 g/mol. The Morgan fingerprint density at radius 3 is 2.57 bits per heavy atom. The lowest BCUT2D eigenvalue weighted by Gasteiger charge is -2.09. The first kappa shape index (κ1) is 15.3. The summed E-state index contributed by atoms with van der Waals surface area (Å²) in [6, 6.07) is 8.32. The highest BCUT2D eigenvalue weighted by Crippen LogP contribution is 2.32. The third kappa shape index (κ3) is 3.26. The number of hydrogen-bond acceptors (Lipinski definition) is 4. The molecule has 1 heterocycles. The van der Waals surface area contributed by atoms with Crippen molar-refractivity contribution in [3.05, 3.63) is 57.8 Å². The van der Waals surface area contributed by atoms with Gasteiger partial charge in [-0.1, -0.05) is 0 Å². The zero-order valence-electron chi connectivity index (χ0n) is 11.6. The smallest absolute Gasteiger partial charge is 0.270 e. The molecule has 0 saturated heterocycles. The predicted octanol–water partition coefficient (Wildman–Crippen LogP) is 2.39. The van der Waals surface area contributed by atoms with Gasteiger partial charge < -0.3 is 9.47 Å². The van der Waals surface area contributed by atoms with Gasteiger partial charge in [0.25, 0.3) is 11.8 Å². The molecule has 1 aliphatic heterocycles. The van der Waals surface area contributed by atoms with Crippen LogP contribution in [0.3, 0.4) is 0 Å². The van der Waals surface area contributed by atoms with Gasteiger partial charge in [0.15, 0.2) is 11.5 Å². The van der Waals surface area contributed by atoms with Crippen molar-refractivity contribution >= 4 is 27.7 Å². The summed E-state index contributed by atoms with van der Waals surface area (Å²) in [6.45, 7) is 0.102. The average molecular weight is 381 g/mol. The molecule has 6 nitrogen and oxygen atoms in total. The van der Waals surface area contributed by atoms with Crippen molar-refractivity contribution in [2.45, 2.75) is 0 Å². The number of rotatable bonds is 2. The molecule has 2 amide bonds. The van der Waals surface area contributed by atoms with Crippen molar-refractivity contribution < 1.29 is 23.5 Å². The Morgan fingerprint density at radius 1 is 1.00 bits per heavy atom. The third-order valence-electron chi connectivity index (χ3n) is 3.10. The van der Waals surface area contributed by atoms with E-state index in [1.165, 1.54) is 24.3 Å². The first-order valence-corrected chi connectivity index (χ1v) is 7.29. The molecular weight excluding hydrogens is 371 g/mol. The lowest BCUT2D eigenvalue weighted by atomic mass is 10.2. The third-order valence-corrected chi connectivity index (χ3v) is 3.79.